The minimum absolute atomic E-state index is 0.0359. The number of benzene rings is 2. The van der Waals surface area contributed by atoms with Crippen molar-refractivity contribution >= 4 is 33.6 Å². The maximum absolute atomic E-state index is 11.9. The first kappa shape index (κ1) is 19.4. The predicted molar refractivity (Wildman–Crippen MR) is 94.3 cm³/mol. The normalized spacial score (nSPS) is 10.1. The van der Waals surface area contributed by atoms with Gasteiger partial charge in [-0.1, -0.05) is 12.1 Å². The van der Waals surface area contributed by atoms with Crippen molar-refractivity contribution in [3.8, 4) is 11.5 Å². The molecule has 0 unspecified atom stereocenters. The molecule has 0 saturated heterocycles. The van der Waals surface area contributed by atoms with Gasteiger partial charge in [0.2, 0.25) is 0 Å². The zero-order valence-corrected chi connectivity index (χ0v) is 15.2. The average Bonchev–Trinajstić information content (AvgIpc) is 2.62. The van der Waals surface area contributed by atoms with Gasteiger partial charge in [0.1, 0.15) is 5.75 Å². The fourth-order valence-electron chi connectivity index (χ4n) is 1.94. The number of nitro benzene ring substituents is 1. The molecule has 0 saturated carbocycles. The maximum atomic E-state index is 11.9. The predicted octanol–water partition coefficient (Wildman–Crippen LogP) is 3.52. The average molecular weight is 424 g/mol. The first-order chi connectivity index (χ1) is 12.4. The van der Waals surface area contributed by atoms with Crippen LogP contribution in [0.1, 0.15) is 17.3 Å². The summed E-state index contributed by atoms with van der Waals surface area (Å²) in [7, 11) is 0. The van der Waals surface area contributed by atoms with Crippen molar-refractivity contribution < 1.29 is 28.7 Å². The van der Waals surface area contributed by atoms with Gasteiger partial charge in [0.25, 0.3) is 0 Å². The molecule has 0 radical (unpaired) electrons. The summed E-state index contributed by atoms with van der Waals surface area (Å²) in [5.41, 5.74) is 0.0509. The standard InChI is InChI=1S/C17H14BrNO7/c1-2-24-17(21)11-7-8-14(12(18)9-11)26-16(20)10-25-15-6-4-3-5-13(15)19(22)23/h3-9H,2,10H2,1H3. The molecule has 0 aliphatic carbocycles. The fourth-order valence-corrected chi connectivity index (χ4v) is 2.40. The van der Waals surface area contributed by atoms with E-state index in [2.05, 4.69) is 15.9 Å². The van der Waals surface area contributed by atoms with Crippen LogP contribution in [0.5, 0.6) is 11.5 Å². The van der Waals surface area contributed by atoms with E-state index in [1.165, 1.54) is 36.4 Å². The number of esters is 2. The lowest BCUT2D eigenvalue weighted by atomic mass is 10.2. The zero-order chi connectivity index (χ0) is 19.1. The lowest BCUT2D eigenvalue weighted by molar-refractivity contribution is -0.385. The van der Waals surface area contributed by atoms with Crippen LogP contribution in [0.2, 0.25) is 0 Å². The molecular formula is C17H14BrNO7. The number of rotatable bonds is 7. The van der Waals surface area contributed by atoms with Gasteiger partial charge < -0.3 is 14.2 Å². The highest BCUT2D eigenvalue weighted by atomic mass is 79.9. The highest BCUT2D eigenvalue weighted by Gasteiger charge is 2.17. The van der Waals surface area contributed by atoms with Crippen molar-refractivity contribution in [3.05, 3.63) is 62.6 Å². The molecule has 0 aromatic heterocycles. The van der Waals surface area contributed by atoms with Crippen molar-refractivity contribution in [2.45, 2.75) is 6.92 Å². The first-order valence-corrected chi connectivity index (χ1v) is 8.25. The molecule has 0 bridgehead atoms. The Morgan fingerprint density at radius 2 is 1.88 bits per heavy atom. The Labute approximate surface area is 156 Å². The minimum Gasteiger partial charge on any atom is -0.475 e. The van der Waals surface area contributed by atoms with Crippen LogP contribution in [0.25, 0.3) is 0 Å². The molecule has 2 rings (SSSR count). The first-order valence-electron chi connectivity index (χ1n) is 7.46. The molecule has 0 atom stereocenters. The van der Waals surface area contributed by atoms with E-state index in [-0.39, 0.29) is 23.8 Å². The van der Waals surface area contributed by atoms with Gasteiger partial charge in [-0.3, -0.25) is 10.1 Å². The van der Waals surface area contributed by atoms with Gasteiger partial charge >= 0.3 is 17.6 Å². The van der Waals surface area contributed by atoms with Crippen LogP contribution in [0, 0.1) is 10.1 Å². The summed E-state index contributed by atoms with van der Waals surface area (Å²) in [6.07, 6.45) is 0. The molecule has 8 nitrogen and oxygen atoms in total. The molecule has 0 N–H and O–H groups in total. The Balaban J connectivity index is 2.00. The lowest BCUT2D eigenvalue weighted by Gasteiger charge is -2.09. The third-order valence-electron chi connectivity index (χ3n) is 3.07. The van der Waals surface area contributed by atoms with E-state index in [0.29, 0.717) is 10.0 Å². The van der Waals surface area contributed by atoms with E-state index < -0.39 is 23.5 Å². The highest BCUT2D eigenvalue weighted by molar-refractivity contribution is 9.10. The van der Waals surface area contributed by atoms with Crippen LogP contribution in [0.3, 0.4) is 0 Å². The Bertz CT molecular complexity index is 838. The summed E-state index contributed by atoms with van der Waals surface area (Å²) >= 11 is 3.21. The second-order valence-corrected chi connectivity index (χ2v) is 5.71. The number of hydrogen-bond acceptors (Lipinski definition) is 7. The Kier molecular flexibility index (Phi) is 6.67. The molecule has 136 valence electrons. The van der Waals surface area contributed by atoms with Crippen LogP contribution in [-0.2, 0) is 9.53 Å². The van der Waals surface area contributed by atoms with Crippen molar-refractivity contribution in [2.24, 2.45) is 0 Å². The smallest absolute Gasteiger partial charge is 0.349 e. The summed E-state index contributed by atoms with van der Waals surface area (Å²) in [5.74, 6) is -1.11. The number of para-hydroxylation sites is 2. The van der Waals surface area contributed by atoms with E-state index in [1.54, 1.807) is 13.0 Å². The Morgan fingerprint density at radius 3 is 2.54 bits per heavy atom. The molecule has 2 aromatic rings. The molecule has 0 aliphatic heterocycles. The zero-order valence-electron chi connectivity index (χ0n) is 13.6. The van der Waals surface area contributed by atoms with Crippen LogP contribution < -0.4 is 9.47 Å². The van der Waals surface area contributed by atoms with Crippen molar-refractivity contribution in [2.75, 3.05) is 13.2 Å². The summed E-state index contributed by atoms with van der Waals surface area (Å²) in [4.78, 5) is 33.9. The SMILES string of the molecule is CCOC(=O)c1ccc(OC(=O)COc2ccccc2[N+](=O)[O-])c(Br)c1. The molecule has 0 aliphatic rings. The molecule has 26 heavy (non-hydrogen) atoms. The van der Waals surface area contributed by atoms with Gasteiger partial charge in [0, 0.05) is 6.07 Å². The van der Waals surface area contributed by atoms with E-state index >= 15 is 0 Å². The van der Waals surface area contributed by atoms with Gasteiger partial charge in [-0.2, -0.15) is 0 Å². The lowest BCUT2D eigenvalue weighted by Crippen LogP contribution is -2.18. The van der Waals surface area contributed by atoms with E-state index in [9.17, 15) is 19.7 Å². The number of halogens is 1. The molecule has 0 amide bonds. The minimum atomic E-state index is -0.757. The largest absolute Gasteiger partial charge is 0.475 e. The molecule has 0 heterocycles. The quantitative estimate of drug-likeness (QED) is 0.290. The third-order valence-corrected chi connectivity index (χ3v) is 3.69. The maximum Gasteiger partial charge on any atom is 0.349 e. The van der Waals surface area contributed by atoms with Gasteiger partial charge in [0.05, 0.1) is 21.6 Å². The van der Waals surface area contributed by atoms with E-state index in [0.717, 1.165) is 0 Å². The Morgan fingerprint density at radius 1 is 1.15 bits per heavy atom. The number of ether oxygens (including phenoxy) is 3. The van der Waals surface area contributed by atoms with Gasteiger partial charge in [-0.25, -0.2) is 9.59 Å². The highest BCUT2D eigenvalue weighted by Crippen LogP contribution is 2.28. The monoisotopic (exact) mass is 423 g/mol. The summed E-state index contributed by atoms with van der Waals surface area (Å²) < 4.78 is 15.5. The molecule has 2 aromatic carbocycles. The van der Waals surface area contributed by atoms with Crippen molar-refractivity contribution in [1.82, 2.24) is 0 Å². The third kappa shape index (κ3) is 5.03. The van der Waals surface area contributed by atoms with Crippen molar-refractivity contribution in [1.29, 1.82) is 0 Å². The van der Waals surface area contributed by atoms with Gasteiger partial charge in [-0.05, 0) is 47.1 Å². The van der Waals surface area contributed by atoms with E-state index in [4.69, 9.17) is 14.2 Å². The summed E-state index contributed by atoms with van der Waals surface area (Å²) in [5, 5.41) is 10.9. The van der Waals surface area contributed by atoms with Crippen LogP contribution in [0.15, 0.2) is 46.9 Å². The molecular weight excluding hydrogens is 410 g/mol. The van der Waals surface area contributed by atoms with Crippen LogP contribution >= 0.6 is 15.9 Å². The number of nitrogens with zero attached hydrogens (tertiary/aromatic N) is 1. The van der Waals surface area contributed by atoms with E-state index in [1.807, 2.05) is 0 Å². The van der Waals surface area contributed by atoms with Crippen LogP contribution in [-0.4, -0.2) is 30.1 Å². The molecule has 0 fully saturated rings. The number of nitro groups is 1. The van der Waals surface area contributed by atoms with Gasteiger partial charge in [-0.15, -0.1) is 0 Å². The van der Waals surface area contributed by atoms with Crippen molar-refractivity contribution in [3.63, 3.8) is 0 Å². The molecule has 0 spiro atoms. The second kappa shape index (κ2) is 8.95. The summed E-state index contributed by atoms with van der Waals surface area (Å²) in [6, 6.07) is 10.0. The van der Waals surface area contributed by atoms with Crippen LogP contribution in [0.4, 0.5) is 5.69 Å². The fraction of sp³-hybridized carbons (Fsp3) is 0.176. The summed E-state index contributed by atoms with van der Waals surface area (Å²) in [6.45, 7) is 1.42. The topological polar surface area (TPSA) is 105 Å². The second-order valence-electron chi connectivity index (χ2n) is 4.85. The number of carbonyl (C=O) groups is 2. The van der Waals surface area contributed by atoms with Gasteiger partial charge in [0.15, 0.2) is 12.4 Å². The Hall–Kier alpha value is -2.94. The number of carbonyl (C=O) groups excluding carboxylic acids is 2. The number of hydrogen-bond donors (Lipinski definition) is 0. The molecule has 9 heteroatoms.